The first kappa shape index (κ1) is 25.9. The van der Waals surface area contributed by atoms with Crippen molar-refractivity contribution < 1.29 is 23.8 Å². The Morgan fingerprint density at radius 1 is 1.10 bits per heavy atom. The van der Waals surface area contributed by atoms with E-state index in [0.717, 1.165) is 38.6 Å². The van der Waals surface area contributed by atoms with Gasteiger partial charge in [-0.15, -0.1) is 0 Å². The van der Waals surface area contributed by atoms with Crippen molar-refractivity contribution in [3.05, 3.63) is 116 Å². The Bertz CT molecular complexity index is 1790. The van der Waals surface area contributed by atoms with E-state index in [4.69, 9.17) is 25.9 Å². The number of thioether (sulfide) groups is 1. The summed E-state index contributed by atoms with van der Waals surface area (Å²) in [6, 6.07) is 23.2. The molecule has 0 saturated carbocycles. The first-order valence-electron chi connectivity index (χ1n) is 12.6. The van der Waals surface area contributed by atoms with Crippen LogP contribution in [0.1, 0.15) is 39.7 Å². The number of aromatic carboxylic acids is 1. The largest absolute Gasteiger partial charge is 0.478 e. The third kappa shape index (κ3) is 4.52. The number of hydrazone groups is 1. The van der Waals surface area contributed by atoms with Gasteiger partial charge in [0.2, 0.25) is 0 Å². The standard InChI is InChI=1S/C30H19BrClN3O5S/c31-19-7-11-26-22(13-19)24-15-23(16-5-8-20(32)9-6-16)34-35(24)30(40-26)27(41-29(38)33-30)14-21-10-12-25(39-21)17-1-3-18(4-2-17)28(36)37/h1-14,24H,15H2,(H,33,38)(H,36,37). The number of hydrogen-bond donors (Lipinski definition) is 2. The number of hydrogen-bond acceptors (Lipinski definition) is 7. The number of carboxylic acids is 1. The van der Waals surface area contributed by atoms with Crippen LogP contribution in [0.15, 0.2) is 97.8 Å². The number of rotatable bonds is 4. The summed E-state index contributed by atoms with van der Waals surface area (Å²) in [6.45, 7) is 0. The number of fused-ring (bicyclic) bond motifs is 4. The minimum atomic E-state index is -1.38. The summed E-state index contributed by atoms with van der Waals surface area (Å²) in [7, 11) is 0. The number of furan rings is 1. The van der Waals surface area contributed by atoms with Gasteiger partial charge in [0.25, 0.3) is 5.24 Å². The second kappa shape index (κ2) is 9.83. The van der Waals surface area contributed by atoms with Crippen LogP contribution in [0.25, 0.3) is 17.4 Å². The highest BCUT2D eigenvalue weighted by Crippen LogP contribution is 2.53. The molecule has 2 unspecified atom stereocenters. The maximum absolute atomic E-state index is 12.9. The second-order valence-electron chi connectivity index (χ2n) is 9.65. The van der Waals surface area contributed by atoms with Crippen molar-refractivity contribution >= 4 is 62.3 Å². The number of nitrogens with one attached hydrogen (secondary N) is 1. The van der Waals surface area contributed by atoms with Crippen LogP contribution >= 0.6 is 39.3 Å². The van der Waals surface area contributed by atoms with E-state index in [1.807, 2.05) is 47.5 Å². The second-order valence-corrected chi connectivity index (χ2v) is 12.0. The molecule has 2 atom stereocenters. The van der Waals surface area contributed by atoms with Gasteiger partial charge in [0.1, 0.15) is 17.3 Å². The van der Waals surface area contributed by atoms with Crippen molar-refractivity contribution in [3.63, 3.8) is 0 Å². The summed E-state index contributed by atoms with van der Waals surface area (Å²) in [6.07, 6.45) is 2.37. The minimum absolute atomic E-state index is 0.192. The lowest BCUT2D eigenvalue weighted by atomic mass is 9.96. The van der Waals surface area contributed by atoms with Crippen molar-refractivity contribution in [3.8, 4) is 17.1 Å². The van der Waals surface area contributed by atoms with Gasteiger partial charge in [-0.05, 0) is 78.0 Å². The lowest BCUT2D eigenvalue weighted by molar-refractivity contribution is -0.0949. The minimum Gasteiger partial charge on any atom is -0.478 e. The van der Waals surface area contributed by atoms with Crippen LogP contribution in [0.4, 0.5) is 4.79 Å². The van der Waals surface area contributed by atoms with Crippen molar-refractivity contribution in [1.82, 2.24) is 10.3 Å². The molecule has 3 aliphatic rings. The van der Waals surface area contributed by atoms with E-state index in [1.165, 1.54) is 12.1 Å². The van der Waals surface area contributed by atoms with Crippen LogP contribution in [-0.2, 0) is 0 Å². The quantitative estimate of drug-likeness (QED) is 0.233. The fraction of sp³-hybridized carbons (Fsp3) is 0.100. The van der Waals surface area contributed by atoms with Gasteiger partial charge in [0, 0.05) is 27.0 Å². The molecule has 41 heavy (non-hydrogen) atoms. The summed E-state index contributed by atoms with van der Waals surface area (Å²) in [5.74, 6) is -0.659. The molecule has 1 amide bonds. The number of nitrogens with zero attached hydrogens (tertiary/aromatic N) is 2. The zero-order valence-electron chi connectivity index (χ0n) is 21.0. The molecule has 4 aromatic rings. The fourth-order valence-electron chi connectivity index (χ4n) is 5.20. The van der Waals surface area contributed by atoms with E-state index in [2.05, 4.69) is 21.2 Å². The molecule has 1 saturated heterocycles. The van der Waals surface area contributed by atoms with Crippen molar-refractivity contribution in [2.45, 2.75) is 18.3 Å². The van der Waals surface area contributed by atoms with Gasteiger partial charge in [-0.25, -0.2) is 9.80 Å². The average molecular weight is 649 g/mol. The number of amides is 1. The Morgan fingerprint density at radius 2 is 1.85 bits per heavy atom. The Labute approximate surface area is 251 Å². The van der Waals surface area contributed by atoms with Crippen LogP contribution in [0.5, 0.6) is 5.75 Å². The molecule has 1 aromatic heterocycles. The van der Waals surface area contributed by atoms with Crippen LogP contribution in [0.2, 0.25) is 5.02 Å². The molecule has 0 radical (unpaired) electrons. The predicted octanol–water partition coefficient (Wildman–Crippen LogP) is 7.76. The number of halogens is 2. The molecule has 0 bridgehead atoms. The summed E-state index contributed by atoms with van der Waals surface area (Å²) >= 11 is 10.7. The molecule has 2 N–H and O–H groups in total. The van der Waals surface area contributed by atoms with Crippen molar-refractivity contribution in [2.24, 2.45) is 5.10 Å². The summed E-state index contributed by atoms with van der Waals surface area (Å²) in [5, 5.41) is 19.4. The van der Waals surface area contributed by atoms with Crippen LogP contribution in [0.3, 0.4) is 0 Å². The Morgan fingerprint density at radius 3 is 2.61 bits per heavy atom. The van der Waals surface area contributed by atoms with Gasteiger partial charge < -0.3 is 14.3 Å². The zero-order valence-corrected chi connectivity index (χ0v) is 24.2. The summed E-state index contributed by atoms with van der Waals surface area (Å²) in [4.78, 5) is 24.7. The van der Waals surface area contributed by atoms with Crippen molar-refractivity contribution in [1.29, 1.82) is 0 Å². The molecule has 11 heteroatoms. The number of ether oxygens (including phenoxy) is 1. The first-order valence-corrected chi connectivity index (χ1v) is 14.5. The fourth-order valence-corrected chi connectivity index (χ4v) is 6.59. The molecule has 204 valence electrons. The molecular formula is C30H19BrClN3O5S. The number of carbonyl (C=O) groups excluding carboxylic acids is 1. The van der Waals surface area contributed by atoms with E-state index in [0.29, 0.717) is 33.6 Å². The maximum Gasteiger partial charge on any atom is 0.335 e. The topological polar surface area (TPSA) is 104 Å². The summed E-state index contributed by atoms with van der Waals surface area (Å²) < 4.78 is 13.6. The van der Waals surface area contributed by atoms with E-state index < -0.39 is 11.8 Å². The number of benzene rings is 3. The normalized spacial score (nSPS) is 21.9. The van der Waals surface area contributed by atoms with Gasteiger partial charge in [-0.1, -0.05) is 51.8 Å². The van der Waals surface area contributed by atoms with Gasteiger partial charge in [-0.2, -0.15) is 5.10 Å². The summed E-state index contributed by atoms with van der Waals surface area (Å²) in [5.41, 5.74) is 3.65. The lowest BCUT2D eigenvalue weighted by Gasteiger charge is -2.45. The number of carbonyl (C=O) groups is 2. The van der Waals surface area contributed by atoms with E-state index in [9.17, 15) is 14.7 Å². The molecule has 1 fully saturated rings. The van der Waals surface area contributed by atoms with Gasteiger partial charge in [0.05, 0.1) is 22.2 Å². The Hall–Kier alpha value is -3.99. The predicted molar refractivity (Wildman–Crippen MR) is 160 cm³/mol. The zero-order chi connectivity index (χ0) is 28.3. The van der Waals surface area contributed by atoms with Gasteiger partial charge >= 0.3 is 11.8 Å². The SMILES string of the molecule is O=C1NC2(Oc3ccc(Br)cc3C3CC(c4ccc(Cl)cc4)=NN32)C(=Cc2ccc(-c3ccc(C(=O)O)cc3)o2)S1. The lowest BCUT2D eigenvalue weighted by Crippen LogP contribution is -2.61. The first-order chi connectivity index (χ1) is 19.8. The highest BCUT2D eigenvalue weighted by molar-refractivity contribution is 9.10. The van der Waals surface area contributed by atoms with Crippen LogP contribution in [-0.4, -0.2) is 32.9 Å². The van der Waals surface area contributed by atoms with E-state index in [1.54, 1.807) is 30.3 Å². The Kier molecular flexibility index (Phi) is 6.22. The molecule has 1 spiro atoms. The molecule has 3 aliphatic heterocycles. The van der Waals surface area contributed by atoms with Gasteiger partial charge in [0.15, 0.2) is 0 Å². The smallest absolute Gasteiger partial charge is 0.335 e. The monoisotopic (exact) mass is 647 g/mol. The third-order valence-electron chi connectivity index (χ3n) is 7.12. The Balaban J connectivity index is 1.30. The van der Waals surface area contributed by atoms with Crippen LogP contribution in [0, 0.1) is 0 Å². The molecule has 7 rings (SSSR count). The van der Waals surface area contributed by atoms with Crippen molar-refractivity contribution in [2.75, 3.05) is 0 Å². The number of carboxylic acid groups (broad SMARTS) is 1. The highest BCUT2D eigenvalue weighted by atomic mass is 79.9. The highest BCUT2D eigenvalue weighted by Gasteiger charge is 2.58. The van der Waals surface area contributed by atoms with Crippen LogP contribution < -0.4 is 10.1 Å². The molecule has 8 nitrogen and oxygen atoms in total. The van der Waals surface area contributed by atoms with E-state index in [-0.39, 0.29) is 16.8 Å². The molecule has 0 aliphatic carbocycles. The maximum atomic E-state index is 12.9. The third-order valence-corrected chi connectivity index (χ3v) is 8.77. The molecule has 4 heterocycles. The average Bonchev–Trinajstić information content (AvgIpc) is 3.68. The molecule has 3 aromatic carbocycles. The van der Waals surface area contributed by atoms with Gasteiger partial charge in [-0.3, -0.25) is 10.1 Å². The molecular weight excluding hydrogens is 630 g/mol. The van der Waals surface area contributed by atoms with E-state index >= 15 is 0 Å².